The van der Waals surface area contributed by atoms with Gasteiger partial charge in [-0.3, -0.25) is 14.4 Å². The third kappa shape index (κ3) is 10.0. The van der Waals surface area contributed by atoms with Gasteiger partial charge in [-0.05, 0) is 86.3 Å². The van der Waals surface area contributed by atoms with Crippen LogP contribution < -0.4 is 25.2 Å². The van der Waals surface area contributed by atoms with E-state index in [4.69, 9.17) is 51.1 Å². The number of carbonyl (C=O) groups excluding carboxylic acids is 3. The van der Waals surface area contributed by atoms with Gasteiger partial charge in [-0.2, -0.15) is 0 Å². The summed E-state index contributed by atoms with van der Waals surface area (Å²) in [7, 11) is 0. The number of anilines is 2. The number of esters is 1. The van der Waals surface area contributed by atoms with Gasteiger partial charge >= 0.3 is 5.97 Å². The molecule has 8 rings (SSSR count). The Kier molecular flexibility index (Phi) is 12.9. The molecule has 2 N–H and O–H groups in total. The van der Waals surface area contributed by atoms with Crippen LogP contribution in [0.25, 0.3) is 21.8 Å². The molecule has 294 valence electrons. The minimum atomic E-state index is -0.417. The van der Waals surface area contributed by atoms with Crippen LogP contribution in [-0.2, 0) is 4.79 Å². The SMILES string of the molecule is CC(=O)Oc1cccc(C(=O)NC2CCN(c3ncnc4cc(Cl)ccc34)CC2)c1.O=C(NC1CCN(c2ncnc3cc(Cl)ccc23)CC1)c1cc(Cl)sc1Cl. The number of carbonyl (C=O) groups is 3. The van der Waals surface area contributed by atoms with Crippen LogP contribution >= 0.6 is 57.7 Å². The smallest absolute Gasteiger partial charge is 0.308 e. The summed E-state index contributed by atoms with van der Waals surface area (Å²) in [5, 5.41) is 9.37. The van der Waals surface area contributed by atoms with E-state index in [1.165, 1.54) is 18.3 Å². The van der Waals surface area contributed by atoms with E-state index >= 15 is 0 Å². The lowest BCUT2D eigenvalue weighted by Crippen LogP contribution is -2.45. The minimum Gasteiger partial charge on any atom is -0.427 e. The van der Waals surface area contributed by atoms with Crippen molar-refractivity contribution >= 4 is 109 Å². The zero-order valence-corrected chi connectivity index (χ0v) is 34.4. The molecule has 0 radical (unpaired) electrons. The molecule has 2 saturated heterocycles. The van der Waals surface area contributed by atoms with Crippen LogP contribution in [0.15, 0.2) is 79.4 Å². The van der Waals surface area contributed by atoms with Gasteiger partial charge in [0.1, 0.15) is 34.4 Å². The molecular formula is C40H36Cl4N8O4S. The number of piperidine rings is 2. The minimum absolute atomic E-state index is 0.0636. The third-order valence-corrected chi connectivity index (χ3v) is 11.6. The highest BCUT2D eigenvalue weighted by atomic mass is 35.5. The Hall–Kier alpha value is -4.79. The summed E-state index contributed by atoms with van der Waals surface area (Å²) >= 11 is 25.3. The van der Waals surface area contributed by atoms with E-state index in [1.807, 2.05) is 36.4 Å². The number of nitrogens with one attached hydrogen (secondary N) is 2. The monoisotopic (exact) mass is 864 g/mol. The van der Waals surface area contributed by atoms with Gasteiger partial charge in [0.2, 0.25) is 0 Å². The normalized spacial score (nSPS) is 14.9. The standard InChI is InChI=1S/C22H21ClN4O3.C18H15Cl3N4OS/c1-14(28)30-18-4-2-3-15(11-18)22(29)26-17-7-9-27(10-8-17)21-19-6-5-16(23)12-20(19)24-13-25-21;19-10-1-2-12-14(7-10)22-9-23-17(12)25-5-3-11(4-6-25)24-18(26)13-8-15(20)27-16(13)21/h2-6,11-13,17H,7-10H2,1H3,(H,26,29);1-2,7-9,11H,3-6H2,(H,24,26). The van der Waals surface area contributed by atoms with Crippen molar-refractivity contribution in [2.45, 2.75) is 44.7 Å². The first kappa shape index (κ1) is 40.4. The van der Waals surface area contributed by atoms with Crippen LogP contribution in [0, 0.1) is 0 Å². The molecule has 2 aliphatic heterocycles. The third-order valence-electron chi connectivity index (χ3n) is 9.67. The fourth-order valence-electron chi connectivity index (χ4n) is 6.90. The van der Waals surface area contributed by atoms with Crippen molar-refractivity contribution in [1.82, 2.24) is 30.6 Å². The molecule has 0 atom stereocenters. The Morgan fingerprint density at radius 2 is 1.21 bits per heavy atom. The molecular weight excluding hydrogens is 830 g/mol. The van der Waals surface area contributed by atoms with Crippen LogP contribution in [0.5, 0.6) is 5.75 Å². The predicted octanol–water partition coefficient (Wildman–Crippen LogP) is 8.66. The number of ether oxygens (including phenoxy) is 1. The molecule has 5 heterocycles. The fourth-order valence-corrected chi connectivity index (χ4v) is 8.69. The Morgan fingerprint density at radius 3 is 1.70 bits per heavy atom. The first-order valence-corrected chi connectivity index (χ1v) is 20.5. The Balaban J connectivity index is 0.000000175. The van der Waals surface area contributed by atoms with Crippen molar-refractivity contribution in [3.05, 3.63) is 109 Å². The van der Waals surface area contributed by atoms with E-state index in [0.29, 0.717) is 35.6 Å². The number of rotatable bonds is 7. The molecule has 12 nitrogen and oxygen atoms in total. The maximum atomic E-state index is 12.6. The molecule has 17 heteroatoms. The van der Waals surface area contributed by atoms with Crippen molar-refractivity contribution in [3.8, 4) is 5.75 Å². The molecule has 0 saturated carbocycles. The zero-order chi connectivity index (χ0) is 40.1. The van der Waals surface area contributed by atoms with Gasteiger partial charge in [0.25, 0.3) is 11.8 Å². The summed E-state index contributed by atoms with van der Waals surface area (Å²) in [4.78, 5) is 58.1. The predicted molar refractivity (Wildman–Crippen MR) is 227 cm³/mol. The number of amides is 2. The van der Waals surface area contributed by atoms with Crippen molar-refractivity contribution < 1.29 is 19.1 Å². The van der Waals surface area contributed by atoms with Gasteiger partial charge in [0, 0.05) is 71.6 Å². The first-order valence-electron chi connectivity index (χ1n) is 18.2. The Bertz CT molecular complexity index is 2440. The summed E-state index contributed by atoms with van der Waals surface area (Å²) in [6, 6.07) is 19.6. The molecule has 6 aromatic rings. The number of benzene rings is 3. The van der Waals surface area contributed by atoms with E-state index in [-0.39, 0.29) is 23.9 Å². The lowest BCUT2D eigenvalue weighted by molar-refractivity contribution is -0.131. The average Bonchev–Trinajstić information content (AvgIpc) is 3.55. The average molecular weight is 867 g/mol. The topological polar surface area (TPSA) is 143 Å². The van der Waals surface area contributed by atoms with Gasteiger partial charge < -0.3 is 25.2 Å². The highest BCUT2D eigenvalue weighted by Gasteiger charge is 2.26. The Morgan fingerprint density at radius 1 is 0.684 bits per heavy atom. The molecule has 2 amide bonds. The summed E-state index contributed by atoms with van der Waals surface area (Å²) in [6.45, 7) is 4.45. The first-order chi connectivity index (χ1) is 27.5. The molecule has 2 fully saturated rings. The van der Waals surface area contributed by atoms with Crippen molar-refractivity contribution in [2.24, 2.45) is 0 Å². The molecule has 3 aromatic heterocycles. The second-order valence-corrected chi connectivity index (χ2v) is 16.7. The van der Waals surface area contributed by atoms with Crippen LogP contribution in [0.2, 0.25) is 18.7 Å². The Labute approximate surface area is 352 Å². The molecule has 0 spiro atoms. The van der Waals surface area contributed by atoms with Gasteiger partial charge in [0.15, 0.2) is 0 Å². The van der Waals surface area contributed by atoms with Crippen LogP contribution in [0.1, 0.15) is 53.3 Å². The maximum Gasteiger partial charge on any atom is 0.308 e. The van der Waals surface area contributed by atoms with Crippen molar-refractivity contribution in [3.63, 3.8) is 0 Å². The van der Waals surface area contributed by atoms with Crippen molar-refractivity contribution in [1.29, 1.82) is 0 Å². The maximum absolute atomic E-state index is 12.6. The zero-order valence-electron chi connectivity index (χ0n) is 30.6. The van der Waals surface area contributed by atoms with E-state index in [0.717, 1.165) is 85.3 Å². The number of nitrogens with zero attached hydrogens (tertiary/aromatic N) is 6. The summed E-state index contributed by atoms with van der Waals surface area (Å²) in [5.74, 6) is 1.37. The molecule has 2 aliphatic rings. The van der Waals surface area contributed by atoms with Crippen LogP contribution in [0.3, 0.4) is 0 Å². The van der Waals surface area contributed by atoms with E-state index in [9.17, 15) is 14.4 Å². The van der Waals surface area contributed by atoms with Gasteiger partial charge in [-0.1, -0.05) is 52.5 Å². The second kappa shape index (κ2) is 18.2. The highest BCUT2D eigenvalue weighted by molar-refractivity contribution is 7.20. The molecule has 57 heavy (non-hydrogen) atoms. The van der Waals surface area contributed by atoms with E-state index < -0.39 is 5.97 Å². The van der Waals surface area contributed by atoms with Crippen molar-refractivity contribution in [2.75, 3.05) is 36.0 Å². The number of hydrogen-bond donors (Lipinski definition) is 2. The lowest BCUT2D eigenvalue weighted by atomic mass is 10.0. The summed E-state index contributed by atoms with van der Waals surface area (Å²) < 4.78 is 5.98. The molecule has 0 bridgehead atoms. The summed E-state index contributed by atoms with van der Waals surface area (Å²) in [5.41, 5.74) is 2.55. The summed E-state index contributed by atoms with van der Waals surface area (Å²) in [6.07, 6.45) is 6.35. The van der Waals surface area contributed by atoms with Crippen LogP contribution in [-0.4, -0.2) is 76.0 Å². The highest BCUT2D eigenvalue weighted by Crippen LogP contribution is 2.32. The van der Waals surface area contributed by atoms with Gasteiger partial charge in [0.05, 0.1) is 20.9 Å². The van der Waals surface area contributed by atoms with E-state index in [2.05, 4.69) is 40.4 Å². The number of thiophene rings is 1. The largest absolute Gasteiger partial charge is 0.427 e. The molecule has 0 unspecified atom stereocenters. The lowest BCUT2D eigenvalue weighted by Gasteiger charge is -2.33. The number of fused-ring (bicyclic) bond motifs is 2. The fraction of sp³-hybridized carbons (Fsp3) is 0.275. The number of halogens is 4. The number of hydrogen-bond acceptors (Lipinski definition) is 11. The molecule has 0 aliphatic carbocycles. The quantitative estimate of drug-likeness (QED) is 0.118. The number of aromatic nitrogens is 4. The van der Waals surface area contributed by atoms with E-state index in [1.54, 1.807) is 43.0 Å². The second-order valence-electron chi connectivity index (χ2n) is 13.5. The molecule has 3 aromatic carbocycles. The van der Waals surface area contributed by atoms with Crippen LogP contribution in [0.4, 0.5) is 11.6 Å². The van der Waals surface area contributed by atoms with Gasteiger partial charge in [-0.15, -0.1) is 11.3 Å². The van der Waals surface area contributed by atoms with Gasteiger partial charge in [-0.25, -0.2) is 19.9 Å².